The van der Waals surface area contributed by atoms with E-state index in [0.717, 1.165) is 30.2 Å². The number of benzene rings is 2. The minimum Gasteiger partial charge on any atom is -0.367 e. The fourth-order valence-corrected chi connectivity index (χ4v) is 3.62. The van der Waals surface area contributed by atoms with Gasteiger partial charge in [-0.1, -0.05) is 26.0 Å². The van der Waals surface area contributed by atoms with Crippen molar-refractivity contribution in [1.29, 1.82) is 0 Å². The summed E-state index contributed by atoms with van der Waals surface area (Å²) in [5.74, 6) is -0.500. The normalized spacial score (nSPS) is 16.7. The highest BCUT2D eigenvalue weighted by atomic mass is 127. The average Bonchev–Trinajstić information content (AvgIpc) is 3.24. The zero-order valence-corrected chi connectivity index (χ0v) is 21.5. The van der Waals surface area contributed by atoms with Gasteiger partial charge in [0.25, 0.3) is 0 Å². The largest absolute Gasteiger partial charge is 0.367 e. The van der Waals surface area contributed by atoms with E-state index in [1.54, 1.807) is 7.05 Å². The molecule has 2 aromatic carbocycles. The van der Waals surface area contributed by atoms with E-state index in [2.05, 4.69) is 20.9 Å². The highest BCUT2D eigenvalue weighted by molar-refractivity contribution is 14.0. The third kappa shape index (κ3) is 7.55. The Labute approximate surface area is 211 Å². The number of hydrogen-bond acceptors (Lipinski definition) is 3. The van der Waals surface area contributed by atoms with Crippen LogP contribution in [0.2, 0.25) is 0 Å². The van der Waals surface area contributed by atoms with Crippen LogP contribution in [-0.4, -0.2) is 38.0 Å². The molecule has 1 heterocycles. The van der Waals surface area contributed by atoms with Gasteiger partial charge in [0.2, 0.25) is 5.91 Å². The van der Waals surface area contributed by atoms with Crippen LogP contribution in [0.4, 0.5) is 20.2 Å². The van der Waals surface area contributed by atoms with Crippen LogP contribution in [0.15, 0.2) is 47.5 Å². The summed E-state index contributed by atoms with van der Waals surface area (Å²) in [6.45, 7) is 5.71. The lowest BCUT2D eigenvalue weighted by Crippen LogP contribution is -2.44. The molecule has 6 nitrogen and oxygen atoms in total. The number of carbonyl (C=O) groups excluding carboxylic acids is 1. The molecule has 180 valence electrons. The predicted molar refractivity (Wildman–Crippen MR) is 140 cm³/mol. The van der Waals surface area contributed by atoms with Gasteiger partial charge >= 0.3 is 0 Å². The number of nitrogens with zero attached hydrogens (tertiary/aromatic N) is 2. The number of hydrogen-bond donors (Lipinski definition) is 3. The molecular weight excluding hydrogens is 539 g/mol. The summed E-state index contributed by atoms with van der Waals surface area (Å²) < 4.78 is 27.3. The summed E-state index contributed by atoms with van der Waals surface area (Å²) in [7, 11) is 1.70. The zero-order chi connectivity index (χ0) is 23.1. The van der Waals surface area contributed by atoms with E-state index in [1.807, 2.05) is 43.0 Å². The van der Waals surface area contributed by atoms with Crippen LogP contribution in [0.3, 0.4) is 0 Å². The minimum atomic E-state index is -0.576. The lowest BCUT2D eigenvalue weighted by Gasteiger charge is -2.21. The fraction of sp³-hybridized carbons (Fsp3) is 0.417. The zero-order valence-electron chi connectivity index (χ0n) is 19.2. The number of anilines is 2. The summed E-state index contributed by atoms with van der Waals surface area (Å²) in [6.07, 6.45) is 1.61. The molecule has 33 heavy (non-hydrogen) atoms. The van der Waals surface area contributed by atoms with Crippen molar-refractivity contribution in [2.24, 2.45) is 10.9 Å². The van der Waals surface area contributed by atoms with Crippen molar-refractivity contribution in [1.82, 2.24) is 10.6 Å². The van der Waals surface area contributed by atoms with E-state index >= 15 is 0 Å². The topological polar surface area (TPSA) is 68.8 Å². The summed E-state index contributed by atoms with van der Waals surface area (Å²) >= 11 is 0. The van der Waals surface area contributed by atoms with Crippen molar-refractivity contribution in [3.63, 3.8) is 0 Å². The number of guanidine groups is 1. The Morgan fingerprint density at radius 1 is 1.24 bits per heavy atom. The number of nitrogens with one attached hydrogen (secondary N) is 3. The predicted octanol–water partition coefficient (Wildman–Crippen LogP) is 4.51. The van der Waals surface area contributed by atoms with Gasteiger partial charge in [0, 0.05) is 50.4 Å². The summed E-state index contributed by atoms with van der Waals surface area (Å²) in [5, 5.41) is 9.60. The number of rotatable bonds is 7. The minimum absolute atomic E-state index is 0. The first-order valence-corrected chi connectivity index (χ1v) is 11.0. The Balaban J connectivity index is 0.00000385. The molecule has 0 aliphatic carbocycles. The third-order valence-corrected chi connectivity index (χ3v) is 5.72. The first kappa shape index (κ1) is 26.8. The lowest BCUT2D eigenvalue weighted by atomic mass is 10.1. The van der Waals surface area contributed by atoms with Crippen LogP contribution in [0.25, 0.3) is 0 Å². The molecule has 1 saturated heterocycles. The van der Waals surface area contributed by atoms with Crippen molar-refractivity contribution in [3.05, 3.63) is 59.7 Å². The number of aliphatic imine (C=N–C) groups is 1. The lowest BCUT2D eigenvalue weighted by molar-refractivity contribution is -0.119. The second-order valence-corrected chi connectivity index (χ2v) is 8.10. The molecule has 3 rings (SSSR count). The van der Waals surface area contributed by atoms with Crippen LogP contribution >= 0.6 is 24.0 Å². The molecule has 0 bridgehead atoms. The molecule has 9 heteroatoms. The van der Waals surface area contributed by atoms with E-state index in [0.29, 0.717) is 31.3 Å². The van der Waals surface area contributed by atoms with Gasteiger partial charge in [-0.15, -0.1) is 24.0 Å². The molecule has 2 atom stereocenters. The van der Waals surface area contributed by atoms with Crippen LogP contribution in [0.5, 0.6) is 0 Å². The SMILES string of the molecule is CCC(C)C(=O)Nc1cccc(CNC(=NC)NC2CCN(c3ccc(F)cc3F)C2)c1.I. The van der Waals surface area contributed by atoms with Crippen LogP contribution in [-0.2, 0) is 11.3 Å². The molecule has 0 radical (unpaired) electrons. The van der Waals surface area contributed by atoms with Gasteiger partial charge in [0.1, 0.15) is 11.6 Å². The third-order valence-electron chi connectivity index (χ3n) is 5.72. The Bertz CT molecular complexity index is 972. The molecule has 0 saturated carbocycles. The van der Waals surface area contributed by atoms with Crippen LogP contribution < -0.4 is 20.9 Å². The molecular formula is C24H32F2IN5O. The summed E-state index contributed by atoms with van der Waals surface area (Å²) in [6, 6.07) is 11.5. The highest BCUT2D eigenvalue weighted by Gasteiger charge is 2.25. The Kier molecular flexibility index (Phi) is 10.3. The van der Waals surface area contributed by atoms with Gasteiger partial charge < -0.3 is 20.9 Å². The number of amides is 1. The van der Waals surface area contributed by atoms with Crippen molar-refractivity contribution in [2.75, 3.05) is 30.4 Å². The van der Waals surface area contributed by atoms with Crippen LogP contribution in [0.1, 0.15) is 32.3 Å². The molecule has 1 aliphatic rings. The van der Waals surface area contributed by atoms with Gasteiger partial charge in [-0.2, -0.15) is 0 Å². The smallest absolute Gasteiger partial charge is 0.227 e. The van der Waals surface area contributed by atoms with E-state index in [4.69, 9.17) is 0 Å². The highest BCUT2D eigenvalue weighted by Crippen LogP contribution is 2.24. The first-order valence-electron chi connectivity index (χ1n) is 11.0. The maximum atomic E-state index is 14.1. The second-order valence-electron chi connectivity index (χ2n) is 8.10. The molecule has 0 aromatic heterocycles. The van der Waals surface area contributed by atoms with Crippen LogP contribution in [0, 0.1) is 17.6 Å². The maximum absolute atomic E-state index is 14.1. The molecule has 3 N–H and O–H groups in total. The van der Waals surface area contributed by atoms with Gasteiger partial charge in [-0.05, 0) is 42.7 Å². The van der Waals surface area contributed by atoms with Crippen molar-refractivity contribution in [2.45, 2.75) is 39.3 Å². The molecule has 1 fully saturated rings. The fourth-order valence-electron chi connectivity index (χ4n) is 3.62. The molecule has 0 spiro atoms. The standard InChI is InChI=1S/C24H31F2N5O.HI/c1-4-16(2)23(32)29-19-7-5-6-17(12-19)14-28-24(27-3)30-20-10-11-31(15-20)22-9-8-18(25)13-21(22)26;/h5-9,12-13,16,20H,4,10-11,14-15H2,1-3H3,(H,29,32)(H2,27,28,30);1H. The van der Waals surface area contributed by atoms with Gasteiger partial charge in [-0.25, -0.2) is 8.78 Å². The molecule has 1 amide bonds. The van der Waals surface area contributed by atoms with Gasteiger partial charge in [0.15, 0.2) is 5.96 Å². The Morgan fingerprint density at radius 3 is 2.73 bits per heavy atom. The van der Waals surface area contributed by atoms with E-state index in [-0.39, 0.29) is 41.8 Å². The maximum Gasteiger partial charge on any atom is 0.227 e. The van der Waals surface area contributed by atoms with Gasteiger partial charge in [0.05, 0.1) is 5.69 Å². The number of carbonyl (C=O) groups is 1. The number of halogens is 3. The Morgan fingerprint density at radius 2 is 2.03 bits per heavy atom. The second kappa shape index (κ2) is 12.7. The van der Waals surface area contributed by atoms with E-state index < -0.39 is 11.6 Å². The first-order chi connectivity index (χ1) is 15.4. The van der Waals surface area contributed by atoms with E-state index in [1.165, 1.54) is 12.1 Å². The molecule has 1 aliphatic heterocycles. The summed E-state index contributed by atoms with van der Waals surface area (Å²) in [4.78, 5) is 18.3. The average molecular weight is 571 g/mol. The monoisotopic (exact) mass is 571 g/mol. The van der Waals surface area contributed by atoms with Crippen molar-refractivity contribution in [3.8, 4) is 0 Å². The molecule has 2 unspecified atom stereocenters. The van der Waals surface area contributed by atoms with E-state index in [9.17, 15) is 13.6 Å². The molecule has 2 aromatic rings. The summed E-state index contributed by atoms with van der Waals surface area (Å²) in [5.41, 5.74) is 2.19. The van der Waals surface area contributed by atoms with Crippen molar-refractivity contribution >= 4 is 47.2 Å². The van der Waals surface area contributed by atoms with Crippen molar-refractivity contribution < 1.29 is 13.6 Å². The quantitative estimate of drug-likeness (QED) is 0.260. The van der Waals surface area contributed by atoms with Gasteiger partial charge in [-0.3, -0.25) is 9.79 Å². The Hall–Kier alpha value is -2.43.